The van der Waals surface area contributed by atoms with Crippen molar-refractivity contribution < 1.29 is 4.79 Å². The van der Waals surface area contributed by atoms with Gasteiger partial charge in [0.15, 0.2) is 0 Å². The fourth-order valence-corrected chi connectivity index (χ4v) is 2.35. The lowest BCUT2D eigenvalue weighted by atomic mass is 10.2. The predicted octanol–water partition coefficient (Wildman–Crippen LogP) is 3.98. The number of hydrogen-bond donors (Lipinski definition) is 2. The number of nitrogens with zero attached hydrogens (tertiary/aromatic N) is 1. The summed E-state index contributed by atoms with van der Waals surface area (Å²) >= 11 is 3.46. The number of rotatable bonds is 4. The van der Waals surface area contributed by atoms with Crippen LogP contribution in [0.2, 0.25) is 0 Å². The summed E-state index contributed by atoms with van der Waals surface area (Å²) in [5.41, 5.74) is 3.24. The molecule has 108 valence electrons. The Balaban J connectivity index is 1.73. The maximum absolute atomic E-state index is 12.2. The van der Waals surface area contributed by atoms with Crippen molar-refractivity contribution in [3.8, 4) is 0 Å². The molecule has 0 unspecified atom stereocenters. The van der Waals surface area contributed by atoms with Crippen molar-refractivity contribution in [2.75, 3.05) is 10.6 Å². The molecule has 0 aliphatic heterocycles. The van der Waals surface area contributed by atoms with E-state index in [4.69, 9.17) is 0 Å². The van der Waals surface area contributed by atoms with Crippen molar-refractivity contribution in [1.82, 2.24) is 4.98 Å². The fraction of sp³-hybridized carbons (Fsp3) is 0.250. The number of aryl methyl sites for hydroxylation is 1. The Labute approximate surface area is 132 Å². The van der Waals surface area contributed by atoms with Crippen molar-refractivity contribution >= 4 is 33.2 Å². The van der Waals surface area contributed by atoms with Crippen LogP contribution in [0.15, 0.2) is 41.0 Å². The molecule has 0 atom stereocenters. The third-order valence-electron chi connectivity index (χ3n) is 3.37. The van der Waals surface area contributed by atoms with Crippen LogP contribution in [0.1, 0.15) is 28.9 Å². The molecule has 2 N–H and O–H groups in total. The van der Waals surface area contributed by atoms with Crippen molar-refractivity contribution in [3.05, 3.63) is 52.3 Å². The highest BCUT2D eigenvalue weighted by Gasteiger charge is 2.21. The number of carbonyl (C=O) groups is 1. The van der Waals surface area contributed by atoms with E-state index in [1.54, 1.807) is 12.3 Å². The molecule has 0 bridgehead atoms. The van der Waals surface area contributed by atoms with Crippen molar-refractivity contribution in [3.63, 3.8) is 0 Å². The zero-order chi connectivity index (χ0) is 14.8. The highest BCUT2D eigenvalue weighted by atomic mass is 79.9. The van der Waals surface area contributed by atoms with Crippen molar-refractivity contribution in [2.24, 2.45) is 0 Å². The van der Waals surface area contributed by atoms with Crippen molar-refractivity contribution in [2.45, 2.75) is 25.8 Å². The molecule has 0 radical (unpaired) electrons. The third-order valence-corrected chi connectivity index (χ3v) is 4.22. The lowest BCUT2D eigenvalue weighted by Crippen LogP contribution is -2.14. The molecule has 1 aromatic carbocycles. The molecule has 5 heteroatoms. The first-order valence-corrected chi connectivity index (χ1v) is 7.71. The Bertz CT molecular complexity index is 683. The first-order chi connectivity index (χ1) is 10.1. The fourth-order valence-electron chi connectivity index (χ4n) is 1.97. The van der Waals surface area contributed by atoms with Gasteiger partial charge in [-0.05, 0) is 49.6 Å². The first-order valence-electron chi connectivity index (χ1n) is 6.92. The van der Waals surface area contributed by atoms with Crippen molar-refractivity contribution in [1.29, 1.82) is 0 Å². The van der Waals surface area contributed by atoms with Gasteiger partial charge in [-0.3, -0.25) is 9.78 Å². The summed E-state index contributed by atoms with van der Waals surface area (Å²) in [7, 11) is 0. The molecule has 1 aromatic heterocycles. The molecule has 1 aliphatic carbocycles. The van der Waals surface area contributed by atoms with E-state index < -0.39 is 0 Å². The molecule has 1 fully saturated rings. The SMILES string of the molecule is Cc1ccc(NC(=O)c2cc(NC3CC3)ccn2)cc1Br. The first kappa shape index (κ1) is 14.1. The van der Waals surface area contributed by atoms with E-state index in [2.05, 4.69) is 31.5 Å². The molecule has 1 aliphatic rings. The largest absolute Gasteiger partial charge is 0.382 e. The van der Waals surface area contributed by atoms with E-state index in [-0.39, 0.29) is 5.91 Å². The van der Waals surface area contributed by atoms with Gasteiger partial charge in [-0.15, -0.1) is 0 Å². The minimum atomic E-state index is -0.204. The second kappa shape index (κ2) is 5.85. The van der Waals surface area contributed by atoms with Crippen LogP contribution in [-0.4, -0.2) is 16.9 Å². The number of benzene rings is 1. The van der Waals surface area contributed by atoms with E-state index in [1.807, 2.05) is 31.2 Å². The maximum Gasteiger partial charge on any atom is 0.274 e. The van der Waals surface area contributed by atoms with Gasteiger partial charge < -0.3 is 10.6 Å². The predicted molar refractivity (Wildman–Crippen MR) is 87.7 cm³/mol. The Morgan fingerprint density at radius 1 is 1.24 bits per heavy atom. The van der Waals surface area contributed by atoms with E-state index in [9.17, 15) is 4.79 Å². The van der Waals surface area contributed by atoms with Crippen LogP contribution in [0, 0.1) is 6.92 Å². The number of halogens is 1. The number of anilines is 2. The second-order valence-corrected chi connectivity index (χ2v) is 6.12. The van der Waals surface area contributed by atoms with Crippen LogP contribution < -0.4 is 10.6 Å². The Hall–Kier alpha value is -1.88. The number of carbonyl (C=O) groups excluding carboxylic acids is 1. The summed E-state index contributed by atoms with van der Waals surface area (Å²) in [6.07, 6.45) is 4.05. The van der Waals surface area contributed by atoms with Crippen LogP contribution >= 0.6 is 15.9 Å². The monoisotopic (exact) mass is 345 g/mol. The van der Waals surface area contributed by atoms with Gasteiger partial charge in [0.1, 0.15) is 5.69 Å². The summed E-state index contributed by atoms with van der Waals surface area (Å²) < 4.78 is 0.970. The van der Waals surface area contributed by atoms with Gasteiger partial charge in [-0.25, -0.2) is 0 Å². The van der Waals surface area contributed by atoms with Crippen LogP contribution in [-0.2, 0) is 0 Å². The Kier molecular flexibility index (Phi) is 3.92. The third kappa shape index (κ3) is 3.61. The summed E-state index contributed by atoms with van der Waals surface area (Å²) in [4.78, 5) is 16.4. The molecule has 0 spiro atoms. The second-order valence-electron chi connectivity index (χ2n) is 5.27. The standard InChI is InChI=1S/C16H16BrN3O/c1-10-2-3-12(8-14(10)17)20-16(21)15-9-13(6-7-18-15)19-11-4-5-11/h2-3,6-9,11H,4-5H2,1H3,(H,18,19)(H,20,21). The highest BCUT2D eigenvalue weighted by Crippen LogP contribution is 2.25. The normalized spacial score (nSPS) is 13.8. The number of amides is 1. The quantitative estimate of drug-likeness (QED) is 0.881. The molecule has 21 heavy (non-hydrogen) atoms. The summed E-state index contributed by atoms with van der Waals surface area (Å²) in [6, 6.07) is 9.95. The summed E-state index contributed by atoms with van der Waals surface area (Å²) in [6.45, 7) is 2.00. The van der Waals surface area contributed by atoms with Gasteiger partial charge in [0, 0.05) is 28.1 Å². The van der Waals surface area contributed by atoms with Gasteiger partial charge in [0.2, 0.25) is 0 Å². The molecule has 3 rings (SSSR count). The van der Waals surface area contributed by atoms with Gasteiger partial charge in [0.05, 0.1) is 0 Å². The minimum absolute atomic E-state index is 0.204. The summed E-state index contributed by atoms with van der Waals surface area (Å²) in [5, 5.41) is 6.23. The van der Waals surface area contributed by atoms with E-state index in [0.717, 1.165) is 21.4 Å². The minimum Gasteiger partial charge on any atom is -0.382 e. The molecule has 4 nitrogen and oxygen atoms in total. The topological polar surface area (TPSA) is 54.0 Å². The number of aromatic nitrogens is 1. The van der Waals surface area contributed by atoms with Crippen LogP contribution in [0.4, 0.5) is 11.4 Å². The van der Waals surface area contributed by atoms with Gasteiger partial charge in [0.25, 0.3) is 5.91 Å². The molecule has 1 saturated carbocycles. The van der Waals surface area contributed by atoms with Gasteiger partial charge in [-0.1, -0.05) is 22.0 Å². The molecule has 2 aromatic rings. The molecule has 0 saturated heterocycles. The average molecular weight is 346 g/mol. The lowest BCUT2D eigenvalue weighted by molar-refractivity contribution is 0.102. The maximum atomic E-state index is 12.2. The number of pyridine rings is 1. The van der Waals surface area contributed by atoms with Crippen LogP contribution in [0.5, 0.6) is 0 Å². The van der Waals surface area contributed by atoms with Gasteiger partial charge in [-0.2, -0.15) is 0 Å². The smallest absolute Gasteiger partial charge is 0.274 e. The molecular weight excluding hydrogens is 330 g/mol. The highest BCUT2D eigenvalue weighted by molar-refractivity contribution is 9.10. The zero-order valence-corrected chi connectivity index (χ0v) is 13.3. The number of hydrogen-bond acceptors (Lipinski definition) is 3. The van der Waals surface area contributed by atoms with Crippen LogP contribution in [0.25, 0.3) is 0 Å². The lowest BCUT2D eigenvalue weighted by Gasteiger charge is -2.08. The molecule has 1 amide bonds. The summed E-state index contributed by atoms with van der Waals surface area (Å²) in [5.74, 6) is -0.204. The zero-order valence-electron chi connectivity index (χ0n) is 11.7. The van der Waals surface area contributed by atoms with E-state index in [1.165, 1.54) is 12.8 Å². The van der Waals surface area contributed by atoms with E-state index in [0.29, 0.717) is 11.7 Å². The Morgan fingerprint density at radius 3 is 2.76 bits per heavy atom. The molecule has 1 heterocycles. The number of nitrogens with one attached hydrogen (secondary N) is 2. The van der Waals surface area contributed by atoms with E-state index >= 15 is 0 Å². The van der Waals surface area contributed by atoms with Crippen LogP contribution in [0.3, 0.4) is 0 Å². The Morgan fingerprint density at radius 2 is 2.05 bits per heavy atom. The molecular formula is C16H16BrN3O. The average Bonchev–Trinajstić information content (AvgIpc) is 3.27. The van der Waals surface area contributed by atoms with Gasteiger partial charge >= 0.3 is 0 Å².